The number of carbonyl (C=O) groups is 1. The number of nitrogens with two attached hydrogens (primary N) is 1. The maximum atomic E-state index is 11.6. The van der Waals surface area contributed by atoms with E-state index in [0.717, 1.165) is 31.2 Å². The third-order valence-electron chi connectivity index (χ3n) is 3.29. The van der Waals surface area contributed by atoms with Gasteiger partial charge in [0.1, 0.15) is 6.10 Å². The molecule has 18 heavy (non-hydrogen) atoms. The van der Waals surface area contributed by atoms with Gasteiger partial charge in [-0.3, -0.25) is 0 Å². The molecule has 1 fully saturated rings. The van der Waals surface area contributed by atoms with E-state index in [1.165, 1.54) is 0 Å². The van der Waals surface area contributed by atoms with E-state index in [-0.39, 0.29) is 18.2 Å². The Bertz CT molecular complexity index is 381. The van der Waals surface area contributed by atoms with Gasteiger partial charge in [0, 0.05) is 12.6 Å². The Morgan fingerprint density at radius 3 is 2.72 bits per heavy atom. The smallest absolute Gasteiger partial charge is 0.407 e. The molecular weight excluding hydrogens is 228 g/mol. The number of carbonyl (C=O) groups excluding carboxylic acids is 1. The molecule has 1 aliphatic carbocycles. The van der Waals surface area contributed by atoms with E-state index in [4.69, 9.17) is 10.5 Å². The molecule has 0 aromatic heterocycles. The highest BCUT2D eigenvalue weighted by molar-refractivity contribution is 5.67. The number of hydrogen-bond donors (Lipinski definition) is 2. The quantitative estimate of drug-likeness (QED) is 0.861. The minimum Gasteiger partial charge on any atom is -0.445 e. The molecule has 1 amide bonds. The summed E-state index contributed by atoms with van der Waals surface area (Å²) in [5.74, 6) is 0. The Balaban J connectivity index is 1.75. The van der Waals surface area contributed by atoms with Crippen molar-refractivity contribution in [3.05, 3.63) is 35.9 Å². The van der Waals surface area contributed by atoms with Crippen LogP contribution in [0.1, 0.15) is 31.2 Å². The van der Waals surface area contributed by atoms with Crippen LogP contribution in [0.3, 0.4) is 0 Å². The van der Waals surface area contributed by atoms with E-state index in [1.807, 2.05) is 30.3 Å². The van der Waals surface area contributed by atoms with Crippen molar-refractivity contribution in [3.8, 4) is 0 Å². The summed E-state index contributed by atoms with van der Waals surface area (Å²) in [5.41, 5.74) is 6.99. The molecule has 0 bridgehead atoms. The van der Waals surface area contributed by atoms with Gasteiger partial charge in [0.15, 0.2) is 0 Å². The van der Waals surface area contributed by atoms with Gasteiger partial charge in [0.25, 0.3) is 0 Å². The number of nitrogens with one attached hydrogen (secondary N) is 1. The summed E-state index contributed by atoms with van der Waals surface area (Å²) in [6.45, 7) is 0.488. The molecule has 0 aliphatic heterocycles. The van der Waals surface area contributed by atoms with E-state index in [1.54, 1.807) is 0 Å². The van der Waals surface area contributed by atoms with Crippen molar-refractivity contribution in [2.45, 2.75) is 44.4 Å². The maximum absolute atomic E-state index is 11.6. The lowest BCUT2D eigenvalue weighted by Gasteiger charge is -2.28. The van der Waals surface area contributed by atoms with Crippen LogP contribution in [0.2, 0.25) is 0 Å². The van der Waals surface area contributed by atoms with Crippen molar-refractivity contribution >= 4 is 6.09 Å². The molecule has 0 saturated heterocycles. The molecule has 2 unspecified atom stereocenters. The van der Waals surface area contributed by atoms with Gasteiger partial charge in [-0.2, -0.15) is 0 Å². The fraction of sp³-hybridized carbons (Fsp3) is 0.500. The highest BCUT2D eigenvalue weighted by Gasteiger charge is 2.24. The largest absolute Gasteiger partial charge is 0.445 e. The standard InChI is InChI=1S/C14H20N2O2/c15-12-8-4-5-9-13(12)18-14(17)16-10-11-6-2-1-3-7-11/h1-3,6-7,12-13H,4-5,8-10,15H2,(H,16,17). The predicted molar refractivity (Wildman–Crippen MR) is 70.0 cm³/mol. The van der Waals surface area contributed by atoms with Crippen molar-refractivity contribution in [1.82, 2.24) is 5.32 Å². The number of amides is 1. The van der Waals surface area contributed by atoms with Crippen LogP contribution in [-0.4, -0.2) is 18.2 Å². The van der Waals surface area contributed by atoms with Gasteiger partial charge in [-0.15, -0.1) is 0 Å². The van der Waals surface area contributed by atoms with Crippen molar-refractivity contribution < 1.29 is 9.53 Å². The first-order chi connectivity index (χ1) is 8.75. The average molecular weight is 248 g/mol. The van der Waals surface area contributed by atoms with Gasteiger partial charge in [-0.25, -0.2) is 4.79 Å². The van der Waals surface area contributed by atoms with Crippen molar-refractivity contribution in [1.29, 1.82) is 0 Å². The molecule has 0 spiro atoms. The first-order valence-corrected chi connectivity index (χ1v) is 6.49. The van der Waals surface area contributed by atoms with Crippen molar-refractivity contribution in [3.63, 3.8) is 0 Å². The van der Waals surface area contributed by atoms with E-state index in [0.29, 0.717) is 6.54 Å². The van der Waals surface area contributed by atoms with Crippen LogP contribution < -0.4 is 11.1 Å². The number of hydrogen-bond acceptors (Lipinski definition) is 3. The first-order valence-electron chi connectivity index (χ1n) is 6.49. The number of alkyl carbamates (subject to hydrolysis) is 1. The Kier molecular flexibility index (Phi) is 4.59. The molecule has 0 radical (unpaired) electrons. The Hall–Kier alpha value is -1.55. The van der Waals surface area contributed by atoms with E-state index in [2.05, 4.69) is 5.32 Å². The highest BCUT2D eigenvalue weighted by atomic mass is 16.6. The van der Waals surface area contributed by atoms with Gasteiger partial charge in [0.05, 0.1) is 0 Å². The van der Waals surface area contributed by atoms with E-state index >= 15 is 0 Å². The molecule has 2 atom stereocenters. The van der Waals surface area contributed by atoms with Gasteiger partial charge < -0.3 is 15.8 Å². The second-order valence-electron chi connectivity index (χ2n) is 4.73. The summed E-state index contributed by atoms with van der Waals surface area (Å²) in [5, 5.41) is 2.75. The molecule has 1 aromatic carbocycles. The minimum absolute atomic E-state index is 0.0128. The van der Waals surface area contributed by atoms with Gasteiger partial charge in [0.2, 0.25) is 0 Å². The summed E-state index contributed by atoms with van der Waals surface area (Å²) in [7, 11) is 0. The molecule has 4 nitrogen and oxygen atoms in total. The SMILES string of the molecule is NC1CCCCC1OC(=O)NCc1ccccc1. The molecular formula is C14H20N2O2. The van der Waals surface area contributed by atoms with Crippen molar-refractivity contribution in [2.75, 3.05) is 0 Å². The number of benzene rings is 1. The Morgan fingerprint density at radius 1 is 1.28 bits per heavy atom. The summed E-state index contributed by atoms with van der Waals surface area (Å²) in [4.78, 5) is 11.6. The summed E-state index contributed by atoms with van der Waals surface area (Å²) >= 11 is 0. The summed E-state index contributed by atoms with van der Waals surface area (Å²) in [6.07, 6.45) is 3.53. The van der Waals surface area contributed by atoms with Crippen LogP contribution in [0.4, 0.5) is 4.79 Å². The van der Waals surface area contributed by atoms with Crippen LogP contribution in [0, 0.1) is 0 Å². The normalized spacial score (nSPS) is 23.4. The zero-order valence-electron chi connectivity index (χ0n) is 10.5. The second-order valence-corrected chi connectivity index (χ2v) is 4.73. The third-order valence-corrected chi connectivity index (χ3v) is 3.29. The number of rotatable bonds is 3. The molecule has 2 rings (SSSR count). The Morgan fingerprint density at radius 2 is 2.00 bits per heavy atom. The minimum atomic E-state index is -0.374. The molecule has 3 N–H and O–H groups in total. The average Bonchev–Trinajstić information content (AvgIpc) is 2.40. The zero-order valence-corrected chi connectivity index (χ0v) is 10.5. The monoisotopic (exact) mass is 248 g/mol. The van der Waals surface area contributed by atoms with Gasteiger partial charge >= 0.3 is 6.09 Å². The number of ether oxygens (including phenoxy) is 1. The molecule has 1 saturated carbocycles. The first kappa shape index (κ1) is 12.9. The fourth-order valence-electron chi connectivity index (χ4n) is 2.22. The molecule has 4 heteroatoms. The lowest BCUT2D eigenvalue weighted by molar-refractivity contribution is 0.0623. The van der Waals surface area contributed by atoms with Crippen molar-refractivity contribution in [2.24, 2.45) is 5.73 Å². The predicted octanol–water partition coefficient (Wildman–Crippen LogP) is 2.18. The molecule has 98 valence electrons. The summed E-state index contributed by atoms with van der Waals surface area (Å²) < 4.78 is 5.35. The van der Waals surface area contributed by atoms with Crippen LogP contribution in [0.15, 0.2) is 30.3 Å². The van der Waals surface area contributed by atoms with Crippen LogP contribution >= 0.6 is 0 Å². The van der Waals surface area contributed by atoms with E-state index in [9.17, 15) is 4.79 Å². The summed E-state index contributed by atoms with van der Waals surface area (Å²) in [6, 6.07) is 9.75. The highest BCUT2D eigenvalue weighted by Crippen LogP contribution is 2.19. The molecule has 1 aliphatic rings. The topological polar surface area (TPSA) is 64.3 Å². The molecule has 1 aromatic rings. The second kappa shape index (κ2) is 6.40. The Labute approximate surface area is 108 Å². The zero-order chi connectivity index (χ0) is 12.8. The lowest BCUT2D eigenvalue weighted by Crippen LogP contribution is -2.42. The van der Waals surface area contributed by atoms with Crippen LogP contribution in [0.5, 0.6) is 0 Å². The van der Waals surface area contributed by atoms with Gasteiger partial charge in [-0.1, -0.05) is 36.8 Å². The lowest BCUT2D eigenvalue weighted by atomic mass is 9.93. The van der Waals surface area contributed by atoms with Crippen LogP contribution in [0.25, 0.3) is 0 Å². The third kappa shape index (κ3) is 3.74. The maximum Gasteiger partial charge on any atom is 0.407 e. The van der Waals surface area contributed by atoms with E-state index < -0.39 is 0 Å². The van der Waals surface area contributed by atoms with Gasteiger partial charge in [-0.05, 0) is 24.8 Å². The molecule has 0 heterocycles. The fourth-order valence-corrected chi connectivity index (χ4v) is 2.22. The van der Waals surface area contributed by atoms with Crippen LogP contribution in [-0.2, 0) is 11.3 Å².